The molecule has 0 spiro atoms. The molecular weight excluding hydrogens is 228 g/mol. The molecule has 1 rings (SSSR count). The highest BCUT2D eigenvalue weighted by atomic mass is 16.5. The van der Waals surface area contributed by atoms with Crippen LogP contribution in [0.5, 0.6) is 0 Å². The zero-order valence-corrected chi connectivity index (χ0v) is 11.1. The second-order valence-corrected chi connectivity index (χ2v) is 3.92. The minimum absolute atomic E-state index is 0.304. The number of benzene rings is 1. The van der Waals surface area contributed by atoms with Crippen molar-refractivity contribution in [1.82, 2.24) is 0 Å². The Hall–Kier alpha value is -1.77. The molecule has 0 aliphatic heterocycles. The molecule has 98 valence electrons. The molecule has 1 aromatic carbocycles. The lowest BCUT2D eigenvalue weighted by molar-refractivity contribution is 0.0526. The van der Waals surface area contributed by atoms with Crippen molar-refractivity contribution >= 4 is 11.7 Å². The zero-order valence-electron chi connectivity index (χ0n) is 11.1. The molecular formula is C15H20O3. The Bertz CT molecular complexity index is 393. The van der Waals surface area contributed by atoms with Gasteiger partial charge in [-0.2, -0.15) is 0 Å². The van der Waals surface area contributed by atoms with Gasteiger partial charge >= 0.3 is 5.97 Å². The predicted molar refractivity (Wildman–Crippen MR) is 72.3 cm³/mol. The summed E-state index contributed by atoms with van der Waals surface area (Å²) in [6.07, 6.45) is 2.11. The number of carbonyl (C=O) groups is 1. The van der Waals surface area contributed by atoms with Crippen molar-refractivity contribution in [2.45, 2.75) is 26.7 Å². The van der Waals surface area contributed by atoms with Crippen molar-refractivity contribution < 1.29 is 14.3 Å². The average molecular weight is 248 g/mol. The molecule has 0 bridgehead atoms. The van der Waals surface area contributed by atoms with Crippen LogP contribution in [-0.2, 0) is 9.47 Å². The van der Waals surface area contributed by atoms with Gasteiger partial charge in [0, 0.05) is 5.56 Å². The van der Waals surface area contributed by atoms with Crippen LogP contribution in [0.1, 0.15) is 42.6 Å². The number of rotatable bonds is 7. The summed E-state index contributed by atoms with van der Waals surface area (Å²) in [4.78, 5) is 11.5. The molecule has 18 heavy (non-hydrogen) atoms. The number of esters is 1. The summed E-state index contributed by atoms with van der Waals surface area (Å²) >= 11 is 0. The zero-order chi connectivity index (χ0) is 13.4. The highest BCUT2D eigenvalue weighted by Gasteiger charge is 2.06. The Morgan fingerprint density at radius 1 is 1.11 bits per heavy atom. The van der Waals surface area contributed by atoms with E-state index < -0.39 is 0 Å². The minimum Gasteiger partial charge on any atom is -0.494 e. The largest absolute Gasteiger partial charge is 0.494 e. The molecule has 0 saturated heterocycles. The Labute approximate surface area is 108 Å². The molecule has 0 aliphatic rings. The van der Waals surface area contributed by atoms with Crippen molar-refractivity contribution in [1.29, 1.82) is 0 Å². The second kappa shape index (κ2) is 7.54. The summed E-state index contributed by atoms with van der Waals surface area (Å²) in [5.74, 6) is 0.334. The van der Waals surface area contributed by atoms with E-state index in [-0.39, 0.29) is 5.97 Å². The van der Waals surface area contributed by atoms with Gasteiger partial charge in [0.05, 0.1) is 18.8 Å². The van der Waals surface area contributed by atoms with Gasteiger partial charge in [-0.15, -0.1) is 0 Å². The van der Waals surface area contributed by atoms with E-state index in [1.165, 1.54) is 0 Å². The van der Waals surface area contributed by atoms with Gasteiger partial charge in [0.2, 0.25) is 0 Å². The van der Waals surface area contributed by atoms with E-state index in [2.05, 4.69) is 13.5 Å². The molecule has 0 unspecified atom stereocenters. The van der Waals surface area contributed by atoms with Gasteiger partial charge in [-0.1, -0.05) is 32.1 Å². The third-order valence-corrected chi connectivity index (χ3v) is 2.49. The van der Waals surface area contributed by atoms with Crippen molar-refractivity contribution in [2.75, 3.05) is 13.2 Å². The molecule has 0 heterocycles. The standard InChI is InChI=1S/C15H20O3/c1-4-6-11-18-12(3)13-7-9-14(10-8-13)15(16)17-5-2/h7-10H,3-6,11H2,1-2H3. The fourth-order valence-electron chi connectivity index (χ4n) is 1.43. The first-order chi connectivity index (χ1) is 8.69. The fraction of sp³-hybridized carbons (Fsp3) is 0.400. The first-order valence-corrected chi connectivity index (χ1v) is 6.28. The van der Waals surface area contributed by atoms with Gasteiger partial charge < -0.3 is 9.47 Å². The minimum atomic E-state index is -0.304. The number of ether oxygens (including phenoxy) is 2. The van der Waals surface area contributed by atoms with Crippen LogP contribution in [0.2, 0.25) is 0 Å². The third kappa shape index (κ3) is 4.24. The molecule has 0 saturated carbocycles. The van der Waals surface area contributed by atoms with Crippen LogP contribution in [0.4, 0.5) is 0 Å². The quantitative estimate of drug-likeness (QED) is 0.420. The maximum absolute atomic E-state index is 11.5. The first kappa shape index (κ1) is 14.3. The molecule has 0 aromatic heterocycles. The molecule has 0 N–H and O–H groups in total. The van der Waals surface area contributed by atoms with Crippen molar-refractivity contribution in [2.24, 2.45) is 0 Å². The second-order valence-electron chi connectivity index (χ2n) is 3.92. The van der Waals surface area contributed by atoms with E-state index in [0.29, 0.717) is 24.5 Å². The lowest BCUT2D eigenvalue weighted by atomic mass is 10.1. The topological polar surface area (TPSA) is 35.5 Å². The van der Waals surface area contributed by atoms with Crippen molar-refractivity contribution in [3.8, 4) is 0 Å². The molecule has 3 nitrogen and oxygen atoms in total. The fourth-order valence-corrected chi connectivity index (χ4v) is 1.43. The average Bonchev–Trinajstić information content (AvgIpc) is 2.39. The Kier molecular flexibility index (Phi) is 5.98. The van der Waals surface area contributed by atoms with Crippen molar-refractivity contribution in [3.05, 3.63) is 42.0 Å². The number of carbonyl (C=O) groups excluding carboxylic acids is 1. The normalized spacial score (nSPS) is 9.89. The van der Waals surface area contributed by atoms with Crippen LogP contribution in [0.15, 0.2) is 30.8 Å². The number of hydrogen-bond acceptors (Lipinski definition) is 3. The Morgan fingerprint density at radius 2 is 1.72 bits per heavy atom. The van der Waals surface area contributed by atoms with E-state index in [1.807, 2.05) is 12.1 Å². The Balaban J connectivity index is 2.59. The highest BCUT2D eigenvalue weighted by Crippen LogP contribution is 2.15. The summed E-state index contributed by atoms with van der Waals surface area (Å²) in [5, 5.41) is 0. The lowest BCUT2D eigenvalue weighted by Crippen LogP contribution is -2.04. The molecule has 0 radical (unpaired) electrons. The van der Waals surface area contributed by atoms with Crippen LogP contribution >= 0.6 is 0 Å². The smallest absolute Gasteiger partial charge is 0.338 e. The molecule has 0 atom stereocenters. The van der Waals surface area contributed by atoms with Crippen LogP contribution in [0, 0.1) is 0 Å². The van der Waals surface area contributed by atoms with E-state index in [9.17, 15) is 4.79 Å². The van der Waals surface area contributed by atoms with E-state index in [0.717, 1.165) is 18.4 Å². The first-order valence-electron chi connectivity index (χ1n) is 6.28. The van der Waals surface area contributed by atoms with E-state index >= 15 is 0 Å². The molecule has 3 heteroatoms. The summed E-state index contributed by atoms with van der Waals surface area (Å²) in [6, 6.07) is 7.09. The summed E-state index contributed by atoms with van der Waals surface area (Å²) in [5.41, 5.74) is 1.43. The Morgan fingerprint density at radius 3 is 2.28 bits per heavy atom. The summed E-state index contributed by atoms with van der Waals surface area (Å²) in [6.45, 7) is 8.83. The summed E-state index contributed by atoms with van der Waals surface area (Å²) in [7, 11) is 0. The maximum Gasteiger partial charge on any atom is 0.338 e. The molecule has 1 aromatic rings. The van der Waals surface area contributed by atoms with Gasteiger partial charge in [-0.3, -0.25) is 0 Å². The van der Waals surface area contributed by atoms with E-state index in [1.54, 1.807) is 19.1 Å². The van der Waals surface area contributed by atoms with Crippen LogP contribution in [0.3, 0.4) is 0 Å². The molecule has 0 aliphatic carbocycles. The SMILES string of the molecule is C=C(OCCCC)c1ccc(C(=O)OCC)cc1. The van der Waals surface area contributed by atoms with Gasteiger partial charge in [0.15, 0.2) is 0 Å². The number of unbranched alkanes of at least 4 members (excludes halogenated alkanes) is 1. The lowest BCUT2D eigenvalue weighted by Gasteiger charge is -2.09. The molecule has 0 fully saturated rings. The molecule has 0 amide bonds. The van der Waals surface area contributed by atoms with Gasteiger partial charge in [0.25, 0.3) is 0 Å². The van der Waals surface area contributed by atoms with Gasteiger partial charge in [-0.05, 0) is 25.5 Å². The highest BCUT2D eigenvalue weighted by molar-refractivity contribution is 5.89. The third-order valence-electron chi connectivity index (χ3n) is 2.49. The van der Waals surface area contributed by atoms with Crippen LogP contribution in [-0.4, -0.2) is 19.2 Å². The predicted octanol–water partition coefficient (Wildman–Crippen LogP) is 3.65. The summed E-state index contributed by atoms with van der Waals surface area (Å²) < 4.78 is 10.4. The van der Waals surface area contributed by atoms with Gasteiger partial charge in [-0.25, -0.2) is 4.79 Å². The van der Waals surface area contributed by atoms with Crippen LogP contribution < -0.4 is 0 Å². The monoisotopic (exact) mass is 248 g/mol. The van der Waals surface area contributed by atoms with Gasteiger partial charge in [0.1, 0.15) is 5.76 Å². The van der Waals surface area contributed by atoms with Crippen molar-refractivity contribution in [3.63, 3.8) is 0 Å². The van der Waals surface area contributed by atoms with E-state index in [4.69, 9.17) is 9.47 Å². The number of hydrogen-bond donors (Lipinski definition) is 0. The van der Waals surface area contributed by atoms with Crippen LogP contribution in [0.25, 0.3) is 5.76 Å². The maximum atomic E-state index is 11.5.